The Morgan fingerprint density at radius 3 is 2.30 bits per heavy atom. The maximum absolute atomic E-state index is 5.89. The number of hydrogen-bond donors (Lipinski definition) is 2. The van der Waals surface area contributed by atoms with Gasteiger partial charge in [0.05, 0.1) is 5.69 Å². The van der Waals surface area contributed by atoms with Crippen LogP contribution in [0, 0.1) is 0 Å². The number of anilines is 3. The van der Waals surface area contributed by atoms with E-state index < -0.39 is 0 Å². The van der Waals surface area contributed by atoms with Crippen LogP contribution in [0.4, 0.5) is 17.6 Å². The fraction of sp³-hybridized carbons (Fsp3) is 0.250. The molecule has 1 aromatic carbocycles. The first-order valence-corrected chi connectivity index (χ1v) is 6.70. The molecule has 1 heterocycles. The molecule has 20 heavy (non-hydrogen) atoms. The zero-order valence-electron chi connectivity index (χ0n) is 11.0. The van der Waals surface area contributed by atoms with Gasteiger partial charge in [0.1, 0.15) is 0 Å². The van der Waals surface area contributed by atoms with Crippen LogP contribution < -0.4 is 16.2 Å². The van der Waals surface area contributed by atoms with E-state index in [1.807, 2.05) is 43.1 Å². The average Bonchev–Trinajstić information content (AvgIpc) is 2.36. The molecular formula is C12H14Cl2N6. The zero-order chi connectivity index (χ0) is 14.7. The number of nitrogens with one attached hydrogen (secondary N) is 1. The van der Waals surface area contributed by atoms with Crippen molar-refractivity contribution in [1.82, 2.24) is 15.0 Å². The molecule has 0 saturated heterocycles. The minimum atomic E-state index is 0.0415. The predicted molar refractivity (Wildman–Crippen MR) is 81.9 cm³/mol. The minimum absolute atomic E-state index is 0.0415. The number of nitrogens with two attached hydrogens (primary N) is 1. The molecule has 8 heteroatoms. The Kier molecular flexibility index (Phi) is 4.46. The zero-order valence-corrected chi connectivity index (χ0v) is 12.5. The molecule has 2 rings (SSSR count). The lowest BCUT2D eigenvalue weighted by Crippen LogP contribution is -2.37. The Morgan fingerprint density at radius 2 is 1.75 bits per heavy atom. The molecule has 0 bridgehead atoms. The quantitative estimate of drug-likeness (QED) is 0.845. The van der Waals surface area contributed by atoms with Crippen molar-refractivity contribution in [3.8, 4) is 0 Å². The number of hydrazine groups is 1. The van der Waals surface area contributed by atoms with Crippen LogP contribution in [0.25, 0.3) is 0 Å². The largest absolute Gasteiger partial charge is 0.368 e. The van der Waals surface area contributed by atoms with Crippen molar-refractivity contribution >= 4 is 40.8 Å². The summed E-state index contributed by atoms with van der Waals surface area (Å²) >= 11 is 11.7. The molecule has 6 nitrogen and oxygen atoms in total. The van der Waals surface area contributed by atoms with Crippen molar-refractivity contribution in [1.29, 1.82) is 0 Å². The fourth-order valence-corrected chi connectivity index (χ4v) is 1.91. The summed E-state index contributed by atoms with van der Waals surface area (Å²) in [6.07, 6.45) is 0. The number of nitrogen functional groups attached to an aromatic ring is 1. The first-order valence-electron chi connectivity index (χ1n) is 5.94. The van der Waals surface area contributed by atoms with Crippen molar-refractivity contribution in [3.63, 3.8) is 0 Å². The molecule has 0 aliphatic rings. The summed E-state index contributed by atoms with van der Waals surface area (Å²) in [4.78, 5) is 11.7. The lowest BCUT2D eigenvalue weighted by atomic mass is 10.2. The van der Waals surface area contributed by atoms with Crippen molar-refractivity contribution in [3.05, 3.63) is 34.6 Å². The van der Waals surface area contributed by atoms with Gasteiger partial charge in [-0.15, -0.1) is 0 Å². The highest BCUT2D eigenvalue weighted by Gasteiger charge is 2.13. The molecule has 0 saturated carbocycles. The highest BCUT2D eigenvalue weighted by Crippen LogP contribution is 2.20. The normalized spacial score (nSPS) is 10.7. The van der Waals surface area contributed by atoms with E-state index in [0.29, 0.717) is 5.02 Å². The van der Waals surface area contributed by atoms with Crippen molar-refractivity contribution < 1.29 is 0 Å². The topological polar surface area (TPSA) is 80.0 Å². The standard InChI is InChI=1S/C12H14Cl2N6/c1-7(2)20(9-5-3-8(13)4-6-9)19-12-17-10(14)16-11(15)18-12/h3-7H,1-2H3,(H3,15,16,17,18,19). The summed E-state index contributed by atoms with van der Waals surface area (Å²) in [6, 6.07) is 7.54. The van der Waals surface area contributed by atoms with E-state index in [1.54, 1.807) is 0 Å². The highest BCUT2D eigenvalue weighted by atomic mass is 35.5. The van der Waals surface area contributed by atoms with Gasteiger partial charge >= 0.3 is 0 Å². The molecule has 0 aliphatic carbocycles. The lowest BCUT2D eigenvalue weighted by Gasteiger charge is -2.29. The summed E-state index contributed by atoms with van der Waals surface area (Å²) in [5.74, 6) is 0.346. The SMILES string of the molecule is CC(C)N(Nc1nc(N)nc(Cl)n1)c1ccc(Cl)cc1. The molecule has 3 N–H and O–H groups in total. The maximum Gasteiger partial charge on any atom is 0.248 e. The van der Waals surface area contributed by atoms with Gasteiger partial charge in [-0.1, -0.05) is 11.6 Å². The maximum atomic E-state index is 5.89. The van der Waals surface area contributed by atoms with Crippen LogP contribution >= 0.6 is 23.2 Å². The van der Waals surface area contributed by atoms with Crippen LogP contribution in [0.1, 0.15) is 13.8 Å². The molecule has 2 aromatic rings. The van der Waals surface area contributed by atoms with Crippen LogP contribution in [0.3, 0.4) is 0 Å². The number of benzene rings is 1. The third-order valence-electron chi connectivity index (χ3n) is 2.47. The molecule has 0 unspecified atom stereocenters. The number of halogens is 2. The number of rotatable bonds is 4. The van der Waals surface area contributed by atoms with Gasteiger partial charge in [0, 0.05) is 11.1 Å². The number of nitrogens with zero attached hydrogens (tertiary/aromatic N) is 4. The van der Waals surface area contributed by atoms with Crippen molar-refractivity contribution in [2.24, 2.45) is 0 Å². The first kappa shape index (κ1) is 14.6. The van der Waals surface area contributed by atoms with Crippen LogP contribution in [-0.2, 0) is 0 Å². The number of aromatic nitrogens is 3. The molecule has 0 amide bonds. The Labute approximate surface area is 126 Å². The van der Waals surface area contributed by atoms with Crippen LogP contribution in [-0.4, -0.2) is 21.0 Å². The third kappa shape index (κ3) is 3.61. The van der Waals surface area contributed by atoms with E-state index in [9.17, 15) is 0 Å². The van der Waals surface area contributed by atoms with Crippen molar-refractivity contribution in [2.75, 3.05) is 16.2 Å². The van der Waals surface area contributed by atoms with E-state index in [-0.39, 0.29) is 23.2 Å². The predicted octanol–water partition coefficient (Wildman–Crippen LogP) is 3.00. The van der Waals surface area contributed by atoms with Gasteiger partial charge < -0.3 is 5.73 Å². The molecule has 0 aliphatic heterocycles. The van der Waals surface area contributed by atoms with Gasteiger partial charge in [0.25, 0.3) is 0 Å². The summed E-state index contributed by atoms with van der Waals surface area (Å²) in [5.41, 5.74) is 9.52. The van der Waals surface area contributed by atoms with E-state index >= 15 is 0 Å². The van der Waals surface area contributed by atoms with Crippen molar-refractivity contribution in [2.45, 2.75) is 19.9 Å². The fourth-order valence-electron chi connectivity index (χ4n) is 1.62. The van der Waals surface area contributed by atoms with E-state index in [4.69, 9.17) is 28.9 Å². The van der Waals surface area contributed by atoms with Gasteiger partial charge in [-0.3, -0.25) is 10.4 Å². The third-order valence-corrected chi connectivity index (χ3v) is 2.89. The molecular weight excluding hydrogens is 299 g/mol. The summed E-state index contributed by atoms with van der Waals surface area (Å²) in [5, 5.41) is 2.59. The van der Waals surface area contributed by atoms with Gasteiger partial charge in [-0.25, -0.2) is 0 Å². The second-order valence-corrected chi connectivity index (χ2v) is 5.11. The summed E-state index contributed by atoms with van der Waals surface area (Å²) in [7, 11) is 0. The Hall–Kier alpha value is -1.79. The summed E-state index contributed by atoms with van der Waals surface area (Å²) < 4.78 is 0. The smallest absolute Gasteiger partial charge is 0.248 e. The van der Waals surface area contributed by atoms with E-state index in [0.717, 1.165) is 5.69 Å². The van der Waals surface area contributed by atoms with Gasteiger partial charge in [-0.2, -0.15) is 15.0 Å². The van der Waals surface area contributed by atoms with E-state index in [1.165, 1.54) is 0 Å². The molecule has 106 valence electrons. The van der Waals surface area contributed by atoms with Crippen LogP contribution in [0.5, 0.6) is 0 Å². The van der Waals surface area contributed by atoms with E-state index in [2.05, 4.69) is 20.4 Å². The Bertz CT molecular complexity index is 567. The second kappa shape index (κ2) is 6.11. The molecule has 0 atom stereocenters. The van der Waals surface area contributed by atoms with Crippen LogP contribution in [0.15, 0.2) is 24.3 Å². The minimum Gasteiger partial charge on any atom is -0.368 e. The van der Waals surface area contributed by atoms with Gasteiger partial charge in [-0.05, 0) is 49.7 Å². The first-order chi connectivity index (χ1) is 9.45. The lowest BCUT2D eigenvalue weighted by molar-refractivity contribution is 0.738. The van der Waals surface area contributed by atoms with Gasteiger partial charge in [0.15, 0.2) is 0 Å². The van der Waals surface area contributed by atoms with Crippen LogP contribution in [0.2, 0.25) is 10.3 Å². The second-order valence-electron chi connectivity index (χ2n) is 4.34. The average molecular weight is 313 g/mol. The molecule has 0 spiro atoms. The molecule has 1 aromatic heterocycles. The van der Waals surface area contributed by atoms with Gasteiger partial charge in [0.2, 0.25) is 17.2 Å². The molecule has 0 fully saturated rings. The highest BCUT2D eigenvalue weighted by molar-refractivity contribution is 6.30. The molecule has 0 radical (unpaired) electrons. The monoisotopic (exact) mass is 312 g/mol. The Balaban J connectivity index is 2.27. The number of hydrogen-bond acceptors (Lipinski definition) is 6. The Morgan fingerprint density at radius 1 is 1.10 bits per heavy atom. The summed E-state index contributed by atoms with van der Waals surface area (Å²) in [6.45, 7) is 4.04.